The molecule has 2 aromatic rings. The van der Waals surface area contributed by atoms with E-state index in [4.69, 9.17) is 4.74 Å². The first-order valence-electron chi connectivity index (χ1n) is 6.78. The molecule has 0 atom stereocenters. The summed E-state index contributed by atoms with van der Waals surface area (Å²) in [6, 6.07) is 5.87. The van der Waals surface area contributed by atoms with Crippen LogP contribution in [0.1, 0.15) is 13.8 Å². The summed E-state index contributed by atoms with van der Waals surface area (Å²) in [5.41, 5.74) is -1.59. The Labute approximate surface area is 142 Å². The lowest BCUT2D eigenvalue weighted by Crippen LogP contribution is -2.36. The Balaban J connectivity index is 2.37. The van der Waals surface area contributed by atoms with E-state index >= 15 is 0 Å². The van der Waals surface area contributed by atoms with E-state index in [1.165, 1.54) is 33.1 Å². The highest BCUT2D eigenvalue weighted by atomic mass is 32.2. The number of nitrogens with one attached hydrogen (secondary N) is 1. The van der Waals surface area contributed by atoms with Gasteiger partial charge in [-0.15, -0.1) is 11.3 Å². The molecule has 0 saturated heterocycles. The van der Waals surface area contributed by atoms with Gasteiger partial charge in [0.05, 0.1) is 12.1 Å². The highest BCUT2D eigenvalue weighted by Gasteiger charge is 2.27. The number of hydrogen-bond donors (Lipinski definition) is 2. The van der Waals surface area contributed by atoms with E-state index < -0.39 is 27.2 Å². The van der Waals surface area contributed by atoms with E-state index in [0.717, 1.165) is 29.5 Å². The van der Waals surface area contributed by atoms with Crippen LogP contribution in [-0.2, 0) is 14.6 Å². The molecule has 1 amide bonds. The molecule has 2 rings (SSSR count). The fourth-order valence-corrected chi connectivity index (χ4v) is 4.50. The summed E-state index contributed by atoms with van der Waals surface area (Å²) in [5, 5.41) is 12.3. The molecule has 0 saturated carbocycles. The fraction of sp³-hybridized carbons (Fsp3) is 0.267. The highest BCUT2D eigenvalue weighted by molar-refractivity contribution is 7.93. The first kappa shape index (κ1) is 18.4. The van der Waals surface area contributed by atoms with Crippen molar-refractivity contribution in [1.82, 2.24) is 0 Å². The van der Waals surface area contributed by atoms with Crippen LogP contribution in [0.4, 0.5) is 9.39 Å². The van der Waals surface area contributed by atoms with Gasteiger partial charge in [0, 0.05) is 6.07 Å². The predicted molar refractivity (Wildman–Crippen MR) is 87.7 cm³/mol. The van der Waals surface area contributed by atoms with Crippen molar-refractivity contribution in [3.8, 4) is 5.75 Å². The molecule has 0 radical (unpaired) electrons. The van der Waals surface area contributed by atoms with Gasteiger partial charge in [-0.05, 0) is 38.1 Å². The van der Waals surface area contributed by atoms with Gasteiger partial charge in [0.15, 0.2) is 0 Å². The molecular weight excluding hydrogens is 357 g/mol. The van der Waals surface area contributed by atoms with Crippen LogP contribution in [0.5, 0.6) is 5.75 Å². The van der Waals surface area contributed by atoms with Crippen LogP contribution in [-0.4, -0.2) is 32.1 Å². The van der Waals surface area contributed by atoms with Gasteiger partial charge in [-0.2, -0.15) is 0 Å². The number of anilines is 1. The van der Waals surface area contributed by atoms with Gasteiger partial charge in [0.25, 0.3) is 5.91 Å². The van der Waals surface area contributed by atoms with Crippen molar-refractivity contribution >= 4 is 32.1 Å². The molecule has 0 spiro atoms. The van der Waals surface area contributed by atoms with Crippen molar-refractivity contribution in [2.24, 2.45) is 0 Å². The van der Waals surface area contributed by atoms with Crippen molar-refractivity contribution in [2.75, 3.05) is 12.4 Å². The summed E-state index contributed by atoms with van der Waals surface area (Å²) < 4.78 is 43.5. The Kier molecular flexibility index (Phi) is 4.97. The van der Waals surface area contributed by atoms with E-state index in [2.05, 4.69) is 5.32 Å². The number of rotatable bonds is 5. The van der Waals surface area contributed by atoms with E-state index in [-0.39, 0.29) is 19.9 Å². The molecule has 0 aliphatic carbocycles. The van der Waals surface area contributed by atoms with Crippen molar-refractivity contribution in [2.45, 2.75) is 28.6 Å². The van der Waals surface area contributed by atoms with Crippen molar-refractivity contribution in [3.63, 3.8) is 0 Å². The molecule has 0 aliphatic rings. The van der Waals surface area contributed by atoms with Crippen LogP contribution in [0.15, 0.2) is 39.4 Å². The molecule has 24 heavy (non-hydrogen) atoms. The fourth-order valence-electron chi connectivity index (χ4n) is 1.77. The van der Waals surface area contributed by atoms with Gasteiger partial charge in [-0.3, -0.25) is 4.79 Å². The van der Waals surface area contributed by atoms with Crippen molar-refractivity contribution in [3.05, 3.63) is 36.1 Å². The molecule has 130 valence electrons. The minimum absolute atomic E-state index is 0.0431. The summed E-state index contributed by atoms with van der Waals surface area (Å²) in [6.45, 7) is 2.63. The summed E-state index contributed by atoms with van der Waals surface area (Å²) in [5.74, 6) is -1.38. The first-order valence-corrected chi connectivity index (χ1v) is 9.08. The van der Waals surface area contributed by atoms with E-state index in [9.17, 15) is 22.7 Å². The number of carbonyl (C=O) groups is 1. The SMILES string of the molecule is COc1cc(F)ccc1S(=O)(=O)c1ccc(NC(=O)C(C)(C)O)s1. The maximum absolute atomic E-state index is 13.2. The van der Waals surface area contributed by atoms with Gasteiger partial charge in [0.2, 0.25) is 9.84 Å². The minimum Gasteiger partial charge on any atom is -0.495 e. The average molecular weight is 373 g/mol. The molecule has 0 bridgehead atoms. The number of thiophene rings is 1. The number of halogens is 1. The molecule has 1 aromatic heterocycles. The van der Waals surface area contributed by atoms with Crippen LogP contribution < -0.4 is 10.1 Å². The standard InChI is InChI=1S/C15H16FNO5S2/c1-15(2,19)14(18)17-12-6-7-13(23-12)24(20,21)11-5-4-9(16)8-10(11)22-3/h4-8,19H,1-3H3,(H,17,18). The summed E-state index contributed by atoms with van der Waals surface area (Å²) >= 11 is 0.822. The second-order valence-electron chi connectivity index (χ2n) is 5.43. The van der Waals surface area contributed by atoms with Gasteiger partial charge >= 0.3 is 0 Å². The predicted octanol–water partition coefficient (Wildman–Crippen LogP) is 2.44. The lowest BCUT2D eigenvalue weighted by molar-refractivity contribution is -0.130. The van der Waals surface area contributed by atoms with Gasteiger partial charge in [0.1, 0.15) is 26.3 Å². The number of aliphatic hydroxyl groups is 1. The average Bonchev–Trinajstić information content (AvgIpc) is 2.95. The van der Waals surface area contributed by atoms with E-state index in [0.29, 0.717) is 0 Å². The Morgan fingerprint density at radius 1 is 1.29 bits per heavy atom. The van der Waals surface area contributed by atoms with Gasteiger partial charge in [-0.1, -0.05) is 0 Å². The minimum atomic E-state index is -3.94. The third kappa shape index (κ3) is 3.74. The van der Waals surface area contributed by atoms with Crippen molar-refractivity contribution in [1.29, 1.82) is 0 Å². The zero-order chi connectivity index (χ0) is 18.1. The van der Waals surface area contributed by atoms with Gasteiger partial charge in [-0.25, -0.2) is 12.8 Å². The van der Waals surface area contributed by atoms with Crippen LogP contribution in [0.2, 0.25) is 0 Å². The maximum atomic E-state index is 13.2. The molecule has 2 N–H and O–H groups in total. The van der Waals surface area contributed by atoms with Crippen LogP contribution in [0, 0.1) is 5.82 Å². The molecule has 9 heteroatoms. The van der Waals surface area contributed by atoms with Crippen LogP contribution in [0.3, 0.4) is 0 Å². The lowest BCUT2D eigenvalue weighted by Gasteiger charge is -2.15. The largest absolute Gasteiger partial charge is 0.495 e. The Morgan fingerprint density at radius 2 is 1.96 bits per heavy atom. The Morgan fingerprint density at radius 3 is 2.54 bits per heavy atom. The number of amides is 1. The first-order chi connectivity index (χ1) is 11.1. The quantitative estimate of drug-likeness (QED) is 0.786. The summed E-state index contributed by atoms with van der Waals surface area (Å²) in [7, 11) is -2.69. The van der Waals surface area contributed by atoms with E-state index in [1.54, 1.807) is 0 Å². The monoisotopic (exact) mass is 373 g/mol. The highest BCUT2D eigenvalue weighted by Crippen LogP contribution is 2.35. The van der Waals surface area contributed by atoms with Crippen molar-refractivity contribution < 1.29 is 27.4 Å². The van der Waals surface area contributed by atoms with Gasteiger partial charge < -0.3 is 15.2 Å². The van der Waals surface area contributed by atoms with Crippen LogP contribution >= 0.6 is 11.3 Å². The topological polar surface area (TPSA) is 92.7 Å². The number of sulfone groups is 1. The van der Waals surface area contributed by atoms with E-state index in [1.807, 2.05) is 0 Å². The molecule has 0 aliphatic heterocycles. The molecule has 0 unspecified atom stereocenters. The summed E-state index contributed by atoms with van der Waals surface area (Å²) in [4.78, 5) is 11.6. The molecule has 1 aromatic carbocycles. The Bertz CT molecular complexity index is 868. The maximum Gasteiger partial charge on any atom is 0.256 e. The lowest BCUT2D eigenvalue weighted by atomic mass is 10.1. The molecule has 1 heterocycles. The zero-order valence-corrected chi connectivity index (χ0v) is 14.8. The second-order valence-corrected chi connectivity index (χ2v) is 8.66. The third-order valence-corrected chi connectivity index (χ3v) is 6.34. The smallest absolute Gasteiger partial charge is 0.256 e. The molecule has 6 nitrogen and oxygen atoms in total. The number of benzene rings is 1. The van der Waals surface area contributed by atoms with Crippen LogP contribution in [0.25, 0.3) is 0 Å². The number of hydrogen-bond acceptors (Lipinski definition) is 6. The molecular formula is C15H16FNO5S2. The number of ether oxygens (including phenoxy) is 1. The number of methoxy groups -OCH3 is 1. The second kappa shape index (κ2) is 6.50. The zero-order valence-electron chi connectivity index (χ0n) is 13.2. The Hall–Kier alpha value is -1.97. The summed E-state index contributed by atoms with van der Waals surface area (Å²) in [6.07, 6.45) is 0. The number of carbonyl (C=O) groups excluding carboxylic acids is 1. The molecule has 0 fully saturated rings. The third-order valence-electron chi connectivity index (χ3n) is 3.05. The normalized spacial score (nSPS) is 12.0.